The van der Waals surface area contributed by atoms with Crippen molar-refractivity contribution < 1.29 is 0 Å². The second-order valence-electron chi connectivity index (χ2n) is 8.63. The number of imidazole rings is 1. The largest absolute Gasteiger partial charge is 0.365 e. The molecule has 6 aromatic rings. The predicted molar refractivity (Wildman–Crippen MR) is 142 cm³/mol. The van der Waals surface area contributed by atoms with Crippen molar-refractivity contribution in [3.8, 4) is 33.8 Å². The molecule has 3 N–H and O–H groups in total. The molecular weight excluding hydrogens is 450 g/mol. The molecule has 5 heterocycles. The van der Waals surface area contributed by atoms with Crippen molar-refractivity contribution in [3.05, 3.63) is 85.7 Å². The van der Waals surface area contributed by atoms with Crippen molar-refractivity contribution in [1.29, 1.82) is 0 Å². The van der Waals surface area contributed by atoms with Gasteiger partial charge in [0.05, 0.1) is 28.6 Å². The molecule has 0 fully saturated rings. The Morgan fingerprint density at radius 3 is 2.58 bits per heavy atom. The van der Waals surface area contributed by atoms with Crippen LogP contribution in [0.3, 0.4) is 0 Å². The molecule has 0 aliphatic carbocycles. The average molecular weight is 474 g/mol. The molecule has 0 aliphatic heterocycles. The Morgan fingerprint density at radius 1 is 0.917 bits per heavy atom. The van der Waals surface area contributed by atoms with Crippen molar-refractivity contribution in [3.63, 3.8) is 0 Å². The molecule has 9 heteroatoms. The summed E-state index contributed by atoms with van der Waals surface area (Å²) < 4.78 is 0. The van der Waals surface area contributed by atoms with Crippen LogP contribution in [-0.2, 0) is 0 Å². The zero-order valence-electron chi connectivity index (χ0n) is 19.8. The van der Waals surface area contributed by atoms with E-state index in [1.807, 2.05) is 61.6 Å². The summed E-state index contributed by atoms with van der Waals surface area (Å²) in [6.07, 6.45) is 7.14. The standard InChI is InChI=1S/C27H23N9/c1-16(36(2)3)31-20-11-18(13-28-15-20)19-12-22-24(34-35-25(22)30-14-19)27-32-23-21(9-10-29-26(23)33-27)17-7-5-4-6-8-17/h4-15,31H,1H2,2-3H3,(H,29,32,33)(H,30,34,35). The minimum Gasteiger partial charge on any atom is -0.365 e. The molecule has 9 nitrogen and oxygen atoms in total. The van der Waals surface area contributed by atoms with Crippen LogP contribution in [0.1, 0.15) is 0 Å². The smallest absolute Gasteiger partial charge is 0.181 e. The number of anilines is 1. The van der Waals surface area contributed by atoms with Gasteiger partial charge in [-0.1, -0.05) is 36.9 Å². The predicted octanol–water partition coefficient (Wildman–Crippen LogP) is 5.07. The Labute approximate surface area is 207 Å². The SMILES string of the molecule is C=C(Nc1cncc(-c2cnc3n[nH]c(-c4nc5nccc(-c6ccccc6)c5[nH]4)c3c2)c1)N(C)C. The van der Waals surface area contributed by atoms with Gasteiger partial charge in [0.2, 0.25) is 0 Å². The van der Waals surface area contributed by atoms with Crippen LogP contribution in [0.5, 0.6) is 0 Å². The fourth-order valence-electron chi connectivity index (χ4n) is 4.07. The van der Waals surface area contributed by atoms with E-state index in [1.54, 1.807) is 18.6 Å². The van der Waals surface area contributed by atoms with Gasteiger partial charge in [0.15, 0.2) is 17.1 Å². The molecule has 0 radical (unpaired) electrons. The van der Waals surface area contributed by atoms with Gasteiger partial charge in [-0.05, 0) is 23.8 Å². The summed E-state index contributed by atoms with van der Waals surface area (Å²) in [6.45, 7) is 4.02. The molecule has 0 saturated carbocycles. The lowest BCUT2D eigenvalue weighted by molar-refractivity contribution is 0.521. The first-order valence-corrected chi connectivity index (χ1v) is 11.4. The van der Waals surface area contributed by atoms with Crippen LogP contribution in [0.2, 0.25) is 0 Å². The van der Waals surface area contributed by atoms with Gasteiger partial charge >= 0.3 is 0 Å². The number of pyridine rings is 3. The lowest BCUT2D eigenvalue weighted by Gasteiger charge is -2.17. The van der Waals surface area contributed by atoms with E-state index in [-0.39, 0.29) is 0 Å². The van der Waals surface area contributed by atoms with E-state index in [0.717, 1.165) is 50.4 Å². The van der Waals surface area contributed by atoms with E-state index in [9.17, 15) is 0 Å². The van der Waals surface area contributed by atoms with Crippen LogP contribution in [0.15, 0.2) is 85.7 Å². The number of aromatic amines is 2. The third-order valence-electron chi connectivity index (χ3n) is 6.02. The Kier molecular flexibility index (Phi) is 5.15. The second-order valence-corrected chi connectivity index (χ2v) is 8.63. The summed E-state index contributed by atoms with van der Waals surface area (Å²) in [7, 11) is 3.86. The number of hydrogen-bond acceptors (Lipinski definition) is 7. The average Bonchev–Trinajstić information content (AvgIpc) is 3.53. The van der Waals surface area contributed by atoms with Gasteiger partial charge in [-0.2, -0.15) is 5.10 Å². The second kappa shape index (κ2) is 8.62. The third kappa shape index (κ3) is 3.82. The highest BCUT2D eigenvalue weighted by atomic mass is 15.2. The minimum atomic E-state index is 0.605. The number of H-pyrrole nitrogens is 2. The number of aromatic nitrogens is 7. The van der Waals surface area contributed by atoms with Gasteiger partial charge in [-0.25, -0.2) is 15.0 Å². The van der Waals surface area contributed by atoms with Crippen molar-refractivity contribution in [2.75, 3.05) is 19.4 Å². The maximum Gasteiger partial charge on any atom is 0.181 e. The summed E-state index contributed by atoms with van der Waals surface area (Å²) in [5, 5.41) is 11.6. The first kappa shape index (κ1) is 21.5. The first-order valence-electron chi connectivity index (χ1n) is 11.4. The zero-order valence-corrected chi connectivity index (χ0v) is 19.8. The highest BCUT2D eigenvalue weighted by molar-refractivity contribution is 5.96. The summed E-state index contributed by atoms with van der Waals surface area (Å²) in [6, 6.07) is 16.2. The van der Waals surface area contributed by atoms with E-state index in [4.69, 9.17) is 4.98 Å². The van der Waals surface area contributed by atoms with Crippen molar-refractivity contribution in [2.24, 2.45) is 0 Å². The summed E-state index contributed by atoms with van der Waals surface area (Å²) in [5.41, 5.74) is 7.68. The van der Waals surface area contributed by atoms with Crippen LogP contribution in [-0.4, -0.2) is 54.1 Å². The number of nitrogens with zero attached hydrogens (tertiary/aromatic N) is 6. The minimum absolute atomic E-state index is 0.605. The molecule has 0 amide bonds. The van der Waals surface area contributed by atoms with E-state index in [1.165, 1.54) is 0 Å². The molecule has 0 spiro atoms. The third-order valence-corrected chi connectivity index (χ3v) is 6.02. The number of nitrogens with one attached hydrogen (secondary N) is 3. The monoisotopic (exact) mass is 473 g/mol. The highest BCUT2D eigenvalue weighted by Crippen LogP contribution is 2.32. The Morgan fingerprint density at radius 2 is 1.75 bits per heavy atom. The molecule has 5 aromatic heterocycles. The molecule has 176 valence electrons. The lowest BCUT2D eigenvalue weighted by Crippen LogP contribution is -2.16. The van der Waals surface area contributed by atoms with Gasteiger partial charge in [0.1, 0.15) is 5.69 Å². The molecule has 0 saturated heterocycles. The number of benzene rings is 1. The topological polar surface area (TPSA) is 111 Å². The van der Waals surface area contributed by atoms with Crippen LogP contribution in [0.25, 0.3) is 56.0 Å². The number of hydrogen-bond donors (Lipinski definition) is 3. The zero-order chi connectivity index (χ0) is 24.6. The molecule has 0 unspecified atom stereocenters. The van der Waals surface area contributed by atoms with Crippen LogP contribution >= 0.6 is 0 Å². The summed E-state index contributed by atoms with van der Waals surface area (Å²) in [4.78, 5) is 23.5. The van der Waals surface area contributed by atoms with E-state index in [0.29, 0.717) is 17.1 Å². The van der Waals surface area contributed by atoms with E-state index in [2.05, 4.69) is 54.2 Å². The van der Waals surface area contributed by atoms with Crippen molar-refractivity contribution in [1.82, 2.24) is 40.0 Å². The first-order chi connectivity index (χ1) is 17.6. The molecular formula is C27H23N9. The van der Waals surface area contributed by atoms with Crippen LogP contribution in [0, 0.1) is 0 Å². The Hall–Kier alpha value is -5.05. The molecule has 0 atom stereocenters. The van der Waals surface area contributed by atoms with Crippen LogP contribution < -0.4 is 5.32 Å². The van der Waals surface area contributed by atoms with Crippen molar-refractivity contribution >= 4 is 27.9 Å². The molecule has 1 aromatic carbocycles. The van der Waals surface area contributed by atoms with Gasteiger partial charge in [-0.15, -0.1) is 0 Å². The summed E-state index contributed by atoms with van der Waals surface area (Å²) in [5.74, 6) is 1.42. The lowest BCUT2D eigenvalue weighted by atomic mass is 10.1. The fraction of sp³-hybridized carbons (Fsp3) is 0.0741. The molecule has 0 bridgehead atoms. The van der Waals surface area contributed by atoms with Gasteiger partial charge < -0.3 is 15.2 Å². The van der Waals surface area contributed by atoms with Crippen LogP contribution in [0.4, 0.5) is 5.69 Å². The maximum atomic E-state index is 4.75. The highest BCUT2D eigenvalue weighted by Gasteiger charge is 2.16. The number of fused-ring (bicyclic) bond motifs is 2. The van der Waals surface area contributed by atoms with Gasteiger partial charge in [0.25, 0.3) is 0 Å². The van der Waals surface area contributed by atoms with Gasteiger partial charge in [-0.3, -0.25) is 10.1 Å². The normalized spacial score (nSPS) is 11.2. The quantitative estimate of drug-likeness (QED) is 0.310. The maximum absolute atomic E-state index is 4.75. The van der Waals surface area contributed by atoms with E-state index >= 15 is 0 Å². The summed E-state index contributed by atoms with van der Waals surface area (Å²) >= 11 is 0. The fourth-order valence-corrected chi connectivity index (χ4v) is 4.07. The Balaban J connectivity index is 1.41. The van der Waals surface area contributed by atoms with Crippen molar-refractivity contribution in [2.45, 2.75) is 0 Å². The van der Waals surface area contributed by atoms with Gasteiger partial charge in [0, 0.05) is 49.4 Å². The molecule has 36 heavy (non-hydrogen) atoms. The number of rotatable bonds is 6. The van der Waals surface area contributed by atoms with E-state index < -0.39 is 0 Å². The molecule has 0 aliphatic rings. The Bertz CT molecular complexity index is 1710. The molecule has 6 rings (SSSR count).